The van der Waals surface area contributed by atoms with Crippen LogP contribution in [0.15, 0.2) is 66.7 Å². The summed E-state index contributed by atoms with van der Waals surface area (Å²) in [6.07, 6.45) is 6.55. The standard InChI is InChI=1S/C24H27NO2.C9H9Cl2NO/c26-24-12-5-10-21-23(24)13-15-25(14-11-17-6-2-1-3-7-17)20(24)16-18-8-4-9-19(27-21)22(18)23;1-12-9(13)5-6-2-3-7(10)8(11)4-6/h1-4,6-9,20-21,26H,5,10-16H2;2-4H,5H2,1H3,(H,12,13)/t20-,21+,23-,24-;/m1./s1. The van der Waals surface area contributed by atoms with Crippen molar-refractivity contribution in [2.75, 3.05) is 20.1 Å². The summed E-state index contributed by atoms with van der Waals surface area (Å²) in [6, 6.07) is 22.6. The molecule has 0 radical (unpaired) electrons. The quantitative estimate of drug-likeness (QED) is 0.404. The Morgan fingerprint density at radius 1 is 1.05 bits per heavy atom. The van der Waals surface area contributed by atoms with E-state index in [-0.39, 0.29) is 23.5 Å². The van der Waals surface area contributed by atoms with Crippen LogP contribution in [0.25, 0.3) is 0 Å². The van der Waals surface area contributed by atoms with Gasteiger partial charge < -0.3 is 15.2 Å². The number of piperidine rings is 1. The molecule has 5 nitrogen and oxygen atoms in total. The van der Waals surface area contributed by atoms with Crippen molar-refractivity contribution in [2.24, 2.45) is 0 Å². The maximum absolute atomic E-state index is 12.2. The number of halogens is 2. The Hall–Kier alpha value is -2.57. The van der Waals surface area contributed by atoms with E-state index in [1.807, 2.05) is 0 Å². The van der Waals surface area contributed by atoms with Crippen LogP contribution in [0.4, 0.5) is 0 Å². The molecule has 0 unspecified atom stereocenters. The Balaban J connectivity index is 0.000000189. The lowest BCUT2D eigenvalue weighted by Gasteiger charge is -2.63. The van der Waals surface area contributed by atoms with Crippen molar-refractivity contribution >= 4 is 29.1 Å². The van der Waals surface area contributed by atoms with E-state index in [0.29, 0.717) is 16.5 Å². The topological polar surface area (TPSA) is 61.8 Å². The third kappa shape index (κ3) is 4.61. The number of nitrogens with one attached hydrogen (secondary N) is 1. The molecule has 3 aromatic rings. The van der Waals surface area contributed by atoms with Gasteiger partial charge in [0.05, 0.1) is 27.5 Å². The summed E-state index contributed by atoms with van der Waals surface area (Å²) in [6.45, 7) is 2.08. The summed E-state index contributed by atoms with van der Waals surface area (Å²) >= 11 is 11.5. The first-order chi connectivity index (χ1) is 19.4. The molecule has 4 atom stereocenters. The lowest BCUT2D eigenvalue weighted by atomic mass is 9.49. The molecule has 210 valence electrons. The molecule has 0 aromatic heterocycles. The second-order valence-electron chi connectivity index (χ2n) is 11.5. The first-order valence-corrected chi connectivity index (χ1v) is 15.1. The number of rotatable bonds is 5. The zero-order valence-electron chi connectivity index (χ0n) is 22.8. The number of hydrogen-bond donors (Lipinski definition) is 2. The van der Waals surface area contributed by atoms with E-state index in [0.717, 1.165) is 62.9 Å². The van der Waals surface area contributed by atoms with Crippen molar-refractivity contribution in [2.45, 2.75) is 68.1 Å². The number of amides is 1. The molecule has 2 heterocycles. The van der Waals surface area contributed by atoms with Gasteiger partial charge in [0.15, 0.2) is 0 Å². The van der Waals surface area contributed by atoms with Crippen molar-refractivity contribution in [3.05, 3.63) is 99.0 Å². The van der Waals surface area contributed by atoms with Crippen LogP contribution in [-0.4, -0.2) is 53.8 Å². The van der Waals surface area contributed by atoms with Crippen molar-refractivity contribution in [3.63, 3.8) is 0 Å². The van der Waals surface area contributed by atoms with Gasteiger partial charge in [0.2, 0.25) is 5.91 Å². The summed E-state index contributed by atoms with van der Waals surface area (Å²) in [5.74, 6) is 1.01. The highest BCUT2D eigenvalue weighted by Gasteiger charge is 2.70. The van der Waals surface area contributed by atoms with Crippen LogP contribution in [0.2, 0.25) is 10.0 Å². The van der Waals surface area contributed by atoms with Gasteiger partial charge >= 0.3 is 0 Å². The predicted molar refractivity (Wildman–Crippen MR) is 159 cm³/mol. The molecule has 3 aromatic carbocycles. The average Bonchev–Trinajstić information content (AvgIpc) is 3.29. The molecule has 2 aliphatic carbocycles. The minimum atomic E-state index is -0.648. The van der Waals surface area contributed by atoms with Crippen molar-refractivity contribution in [1.29, 1.82) is 0 Å². The molecule has 2 fully saturated rings. The largest absolute Gasteiger partial charge is 0.489 e. The van der Waals surface area contributed by atoms with E-state index < -0.39 is 5.60 Å². The normalized spacial score (nSPS) is 27.6. The van der Waals surface area contributed by atoms with E-state index in [2.05, 4.69) is 58.7 Å². The number of benzene rings is 3. The highest BCUT2D eigenvalue weighted by Crippen LogP contribution is 2.63. The number of likely N-dealkylation sites (N-methyl/N-ethyl adjacent to an activating group) is 1. The van der Waals surface area contributed by atoms with Crippen molar-refractivity contribution < 1.29 is 14.6 Å². The van der Waals surface area contributed by atoms with Gasteiger partial charge in [-0.2, -0.15) is 0 Å². The van der Waals surface area contributed by atoms with Crippen LogP contribution in [0, 0.1) is 0 Å². The van der Waals surface area contributed by atoms with E-state index in [4.69, 9.17) is 27.9 Å². The summed E-state index contributed by atoms with van der Waals surface area (Å²) in [4.78, 5) is 13.6. The second kappa shape index (κ2) is 11.0. The van der Waals surface area contributed by atoms with Crippen LogP contribution >= 0.6 is 23.2 Å². The summed E-state index contributed by atoms with van der Waals surface area (Å²) < 4.78 is 6.43. The summed E-state index contributed by atoms with van der Waals surface area (Å²) in [5.41, 5.74) is 4.18. The predicted octanol–water partition coefficient (Wildman–Crippen LogP) is 5.76. The maximum Gasteiger partial charge on any atom is 0.224 e. The minimum Gasteiger partial charge on any atom is -0.489 e. The van der Waals surface area contributed by atoms with Crippen molar-refractivity contribution in [3.8, 4) is 5.75 Å². The Morgan fingerprint density at radius 3 is 2.65 bits per heavy atom. The molecule has 7 heteroatoms. The van der Waals surface area contributed by atoms with Gasteiger partial charge in [-0.3, -0.25) is 9.69 Å². The smallest absolute Gasteiger partial charge is 0.224 e. The van der Waals surface area contributed by atoms with Gasteiger partial charge in [0, 0.05) is 25.2 Å². The number of ether oxygens (including phenoxy) is 1. The monoisotopic (exact) mass is 578 g/mol. The molecule has 2 aliphatic heterocycles. The number of carbonyl (C=O) groups excluding carboxylic acids is 1. The zero-order chi connectivity index (χ0) is 27.9. The number of hydrogen-bond acceptors (Lipinski definition) is 4. The average molecular weight is 580 g/mol. The molecule has 40 heavy (non-hydrogen) atoms. The molecule has 1 amide bonds. The molecule has 1 saturated heterocycles. The van der Waals surface area contributed by atoms with E-state index >= 15 is 0 Å². The molecular formula is C33H36Cl2N2O3. The fraction of sp³-hybridized carbons (Fsp3) is 0.424. The van der Waals surface area contributed by atoms with Crippen molar-refractivity contribution in [1.82, 2.24) is 10.2 Å². The summed E-state index contributed by atoms with van der Waals surface area (Å²) in [5, 5.41) is 15.7. The molecule has 7 rings (SSSR count). The SMILES string of the molecule is CNC(=O)Cc1ccc(Cl)c(Cl)c1.O[C@@]12CCC[C@@H]3Oc4cccc5c4[C@@]31CCN(CCc1ccccc1)[C@@H]2C5. The third-order valence-electron chi connectivity index (χ3n) is 9.53. The second-order valence-corrected chi connectivity index (χ2v) is 12.3. The number of carbonyl (C=O) groups is 1. The first-order valence-electron chi connectivity index (χ1n) is 14.3. The van der Waals surface area contributed by atoms with Crippen LogP contribution in [-0.2, 0) is 29.5 Å². The summed E-state index contributed by atoms with van der Waals surface area (Å²) in [7, 11) is 1.60. The molecule has 2 bridgehead atoms. The van der Waals surface area contributed by atoms with Crippen LogP contribution in [0.3, 0.4) is 0 Å². The van der Waals surface area contributed by atoms with Gasteiger partial charge in [0.1, 0.15) is 11.9 Å². The Morgan fingerprint density at radius 2 is 1.88 bits per heavy atom. The van der Waals surface area contributed by atoms with E-state index in [1.165, 1.54) is 16.7 Å². The van der Waals surface area contributed by atoms with Gasteiger partial charge in [-0.15, -0.1) is 0 Å². The molecular weight excluding hydrogens is 543 g/mol. The third-order valence-corrected chi connectivity index (χ3v) is 10.3. The van der Waals surface area contributed by atoms with E-state index in [9.17, 15) is 9.90 Å². The van der Waals surface area contributed by atoms with Gasteiger partial charge in [-0.1, -0.05) is 71.7 Å². The first kappa shape index (κ1) is 27.6. The highest BCUT2D eigenvalue weighted by atomic mass is 35.5. The number of nitrogens with zero attached hydrogens (tertiary/aromatic N) is 1. The molecule has 4 aliphatic rings. The number of likely N-dealkylation sites (tertiary alicyclic amines) is 1. The number of aliphatic hydroxyl groups is 1. The van der Waals surface area contributed by atoms with Crippen LogP contribution < -0.4 is 10.1 Å². The molecule has 1 saturated carbocycles. The van der Waals surface area contributed by atoms with E-state index in [1.54, 1.807) is 25.2 Å². The lowest BCUT2D eigenvalue weighted by molar-refractivity contribution is -0.184. The fourth-order valence-electron chi connectivity index (χ4n) is 7.71. The molecule has 1 spiro atoms. The Bertz CT molecular complexity index is 1400. The lowest BCUT2D eigenvalue weighted by Crippen LogP contribution is -2.75. The minimum absolute atomic E-state index is 0.0432. The fourth-order valence-corrected chi connectivity index (χ4v) is 8.03. The van der Waals surface area contributed by atoms with Crippen LogP contribution in [0.5, 0.6) is 5.75 Å². The maximum atomic E-state index is 12.2. The molecule has 2 N–H and O–H groups in total. The van der Waals surface area contributed by atoms with Gasteiger partial charge in [0.25, 0.3) is 0 Å². The highest BCUT2D eigenvalue weighted by molar-refractivity contribution is 6.42. The zero-order valence-corrected chi connectivity index (χ0v) is 24.3. The van der Waals surface area contributed by atoms with Crippen LogP contribution in [0.1, 0.15) is 47.9 Å². The van der Waals surface area contributed by atoms with Gasteiger partial charge in [-0.25, -0.2) is 0 Å². The Labute approximate surface area is 246 Å². The Kier molecular flexibility index (Phi) is 7.60. The van der Waals surface area contributed by atoms with Gasteiger partial charge in [-0.05, 0) is 80.0 Å².